The van der Waals surface area contributed by atoms with Crippen molar-refractivity contribution in [1.82, 2.24) is 4.57 Å². The lowest BCUT2D eigenvalue weighted by molar-refractivity contribution is 1.12. The van der Waals surface area contributed by atoms with Crippen LogP contribution in [0.2, 0.25) is 0 Å². The van der Waals surface area contributed by atoms with E-state index in [2.05, 4.69) is 64.1 Å². The third-order valence-corrected chi connectivity index (χ3v) is 7.29. The van der Waals surface area contributed by atoms with Gasteiger partial charge in [0.2, 0.25) is 0 Å². The molecule has 1 aromatic heterocycles. The Labute approximate surface area is 233 Å². The highest BCUT2D eigenvalue weighted by Crippen LogP contribution is 2.38. The van der Waals surface area contributed by atoms with Crippen LogP contribution in [0.25, 0.3) is 38.3 Å². The van der Waals surface area contributed by atoms with Gasteiger partial charge in [0, 0.05) is 33.5 Å². The van der Waals surface area contributed by atoms with E-state index in [9.17, 15) is 10.5 Å². The summed E-state index contributed by atoms with van der Waals surface area (Å²) in [5.41, 5.74) is 5.95. The fraction of sp³-hybridized carbons (Fsp3) is 0.0556. The number of nitrogens with zero attached hydrogens (tertiary/aromatic N) is 4. The second-order valence-corrected chi connectivity index (χ2v) is 9.62. The molecule has 6 rings (SSSR count). The summed E-state index contributed by atoms with van der Waals surface area (Å²) < 4.78 is 2.14. The van der Waals surface area contributed by atoms with Crippen LogP contribution in [0.5, 0.6) is 0 Å². The maximum absolute atomic E-state index is 10.5. The van der Waals surface area contributed by atoms with Crippen molar-refractivity contribution in [2.45, 2.75) is 13.3 Å². The van der Waals surface area contributed by atoms with Crippen LogP contribution in [0, 0.1) is 22.7 Å². The van der Waals surface area contributed by atoms with E-state index in [1.807, 2.05) is 91.9 Å². The maximum atomic E-state index is 10.5. The largest absolute Gasteiger partial charge is 0.313 e. The zero-order chi connectivity index (χ0) is 27.5. The van der Waals surface area contributed by atoms with Crippen molar-refractivity contribution in [3.05, 3.63) is 139 Å². The zero-order valence-corrected chi connectivity index (χ0v) is 22.1. The fourth-order valence-electron chi connectivity index (χ4n) is 5.52. The Kier molecular flexibility index (Phi) is 6.59. The summed E-state index contributed by atoms with van der Waals surface area (Å²) in [5, 5.41) is 25.0. The SMILES string of the molecule is C/C(=C(C#N)\C=C(/CC#N)n1c2ccccc2c2c3ccccc3ccc21)N(c1ccccc1)c1ccccc1. The molecule has 4 nitrogen and oxygen atoms in total. The van der Waals surface area contributed by atoms with Crippen LogP contribution in [0.15, 0.2) is 139 Å². The first kappa shape index (κ1) is 24.7. The molecular weight excluding hydrogens is 488 g/mol. The van der Waals surface area contributed by atoms with Gasteiger partial charge in [0.05, 0.1) is 29.1 Å². The first-order valence-electron chi connectivity index (χ1n) is 13.2. The lowest BCUT2D eigenvalue weighted by atomic mass is 10.0. The summed E-state index contributed by atoms with van der Waals surface area (Å²) in [6.45, 7) is 1.96. The molecule has 0 bridgehead atoms. The average Bonchev–Trinajstić information content (AvgIpc) is 3.35. The number of para-hydroxylation sites is 3. The maximum Gasteiger partial charge on any atom is 0.101 e. The third kappa shape index (κ3) is 4.29. The van der Waals surface area contributed by atoms with Gasteiger partial charge in [0.25, 0.3) is 0 Å². The lowest BCUT2D eigenvalue weighted by Gasteiger charge is -2.26. The molecule has 0 aliphatic carbocycles. The fourth-order valence-corrected chi connectivity index (χ4v) is 5.52. The summed E-state index contributed by atoms with van der Waals surface area (Å²) in [5.74, 6) is 0. The van der Waals surface area contributed by atoms with E-state index >= 15 is 0 Å². The molecule has 0 spiro atoms. The molecule has 0 saturated carbocycles. The molecule has 1 heterocycles. The number of fused-ring (bicyclic) bond motifs is 5. The van der Waals surface area contributed by atoms with Crippen molar-refractivity contribution in [3.8, 4) is 12.1 Å². The van der Waals surface area contributed by atoms with Gasteiger partial charge in [-0.15, -0.1) is 0 Å². The van der Waals surface area contributed by atoms with Crippen molar-refractivity contribution >= 4 is 49.7 Å². The van der Waals surface area contributed by atoms with Crippen molar-refractivity contribution < 1.29 is 0 Å². The van der Waals surface area contributed by atoms with Gasteiger partial charge >= 0.3 is 0 Å². The second kappa shape index (κ2) is 10.7. The van der Waals surface area contributed by atoms with Crippen LogP contribution in [-0.2, 0) is 0 Å². The number of hydrogen-bond donors (Lipinski definition) is 0. The zero-order valence-electron chi connectivity index (χ0n) is 22.1. The van der Waals surface area contributed by atoms with Crippen molar-refractivity contribution in [3.63, 3.8) is 0 Å². The van der Waals surface area contributed by atoms with Crippen LogP contribution < -0.4 is 4.90 Å². The van der Waals surface area contributed by atoms with E-state index in [1.165, 1.54) is 5.39 Å². The molecule has 0 atom stereocenters. The Morgan fingerprint density at radius 1 is 0.700 bits per heavy atom. The van der Waals surface area contributed by atoms with Gasteiger partial charge in [-0.1, -0.05) is 84.9 Å². The summed E-state index contributed by atoms with van der Waals surface area (Å²) in [4.78, 5) is 2.08. The topological polar surface area (TPSA) is 55.8 Å². The molecule has 0 aliphatic heterocycles. The molecule has 0 saturated heterocycles. The van der Waals surface area contributed by atoms with Gasteiger partial charge in [-0.05, 0) is 60.2 Å². The van der Waals surface area contributed by atoms with Gasteiger partial charge in [-0.3, -0.25) is 0 Å². The van der Waals surface area contributed by atoms with Gasteiger partial charge < -0.3 is 9.47 Å². The molecule has 0 fully saturated rings. The number of allylic oxidation sites excluding steroid dienone is 4. The minimum atomic E-state index is 0.149. The average molecular weight is 515 g/mol. The number of nitriles is 2. The Balaban J connectivity index is 1.62. The quantitative estimate of drug-likeness (QED) is 0.164. The normalized spacial score (nSPS) is 12.2. The van der Waals surface area contributed by atoms with Gasteiger partial charge in [0.1, 0.15) is 6.07 Å². The van der Waals surface area contributed by atoms with Crippen molar-refractivity contribution in [2.24, 2.45) is 0 Å². The number of hydrogen-bond acceptors (Lipinski definition) is 3. The molecule has 40 heavy (non-hydrogen) atoms. The van der Waals surface area contributed by atoms with E-state index in [4.69, 9.17) is 0 Å². The highest BCUT2D eigenvalue weighted by atomic mass is 15.1. The van der Waals surface area contributed by atoms with E-state index < -0.39 is 0 Å². The third-order valence-electron chi connectivity index (χ3n) is 7.29. The molecule has 6 aromatic rings. The Bertz CT molecular complexity index is 1960. The summed E-state index contributed by atoms with van der Waals surface area (Å²) in [6, 6.07) is 45.7. The standard InChI is InChI=1S/C36H26N4/c1-26(39(29-13-4-2-5-14-29)30-15-6-3-7-16-30)28(25-38)24-31(22-23-37)40-34-19-11-10-18-33(34)36-32-17-9-8-12-27(32)20-21-35(36)40/h2-21,24H,22H2,1H3/b28-26-,31-24+. The molecular formula is C36H26N4. The first-order valence-corrected chi connectivity index (χ1v) is 13.2. The van der Waals surface area contributed by atoms with Crippen LogP contribution in [-0.4, -0.2) is 4.57 Å². The monoisotopic (exact) mass is 514 g/mol. The van der Waals surface area contributed by atoms with Crippen LogP contribution >= 0.6 is 0 Å². The Hall–Kier alpha value is -5.58. The first-order chi connectivity index (χ1) is 19.7. The van der Waals surface area contributed by atoms with E-state index in [0.29, 0.717) is 5.57 Å². The predicted molar refractivity (Wildman–Crippen MR) is 165 cm³/mol. The molecule has 4 heteroatoms. The smallest absolute Gasteiger partial charge is 0.101 e. The van der Waals surface area contributed by atoms with E-state index in [1.54, 1.807) is 0 Å². The minimum Gasteiger partial charge on any atom is -0.313 e. The van der Waals surface area contributed by atoms with Crippen LogP contribution in [0.4, 0.5) is 11.4 Å². The van der Waals surface area contributed by atoms with Crippen molar-refractivity contribution in [2.75, 3.05) is 4.90 Å². The lowest BCUT2D eigenvalue weighted by Crippen LogP contribution is -2.16. The summed E-state index contributed by atoms with van der Waals surface area (Å²) >= 11 is 0. The molecule has 0 amide bonds. The molecule has 190 valence electrons. The molecule has 0 N–H and O–H groups in total. The van der Waals surface area contributed by atoms with Crippen molar-refractivity contribution in [1.29, 1.82) is 10.5 Å². The molecule has 5 aromatic carbocycles. The second-order valence-electron chi connectivity index (χ2n) is 9.62. The summed E-state index contributed by atoms with van der Waals surface area (Å²) in [6.07, 6.45) is 2.02. The molecule has 0 aliphatic rings. The van der Waals surface area contributed by atoms with Gasteiger partial charge in [-0.25, -0.2) is 0 Å². The summed E-state index contributed by atoms with van der Waals surface area (Å²) in [7, 11) is 0. The number of aromatic nitrogens is 1. The van der Waals surface area contributed by atoms with Gasteiger partial charge in [0.15, 0.2) is 0 Å². The number of anilines is 2. The Morgan fingerprint density at radius 2 is 1.30 bits per heavy atom. The highest BCUT2D eigenvalue weighted by molar-refractivity contribution is 6.21. The van der Waals surface area contributed by atoms with Gasteiger partial charge in [-0.2, -0.15) is 10.5 Å². The van der Waals surface area contributed by atoms with Crippen LogP contribution in [0.1, 0.15) is 13.3 Å². The highest BCUT2D eigenvalue weighted by Gasteiger charge is 2.18. The molecule has 0 unspecified atom stereocenters. The van der Waals surface area contributed by atoms with E-state index in [-0.39, 0.29) is 6.42 Å². The van der Waals surface area contributed by atoms with Crippen LogP contribution in [0.3, 0.4) is 0 Å². The van der Waals surface area contributed by atoms with E-state index in [0.717, 1.165) is 50.0 Å². The number of rotatable bonds is 6. The number of benzene rings is 5. The minimum absolute atomic E-state index is 0.149. The predicted octanol–water partition coefficient (Wildman–Crippen LogP) is 9.34. The Morgan fingerprint density at radius 3 is 1.95 bits per heavy atom. The molecule has 0 radical (unpaired) electrons.